The Morgan fingerprint density at radius 2 is 2.05 bits per heavy atom. The summed E-state index contributed by atoms with van der Waals surface area (Å²) in [5, 5.41) is 3.83. The van der Waals surface area contributed by atoms with Crippen molar-refractivity contribution in [3.63, 3.8) is 0 Å². The molecule has 0 spiro atoms. The standard InChI is InChI=1S/C13H16N2O2S2/c1-9-5-12(14)10(2)13(6-9)19(16,17)15-7-11-3-4-18-8-11/h3-6,8,15H,7,14H2,1-2H3. The summed E-state index contributed by atoms with van der Waals surface area (Å²) in [6.45, 7) is 3.83. The highest BCUT2D eigenvalue weighted by atomic mass is 32.2. The first-order valence-electron chi connectivity index (χ1n) is 5.77. The van der Waals surface area contributed by atoms with Crippen LogP contribution in [-0.2, 0) is 16.6 Å². The van der Waals surface area contributed by atoms with Gasteiger partial charge in [-0.2, -0.15) is 11.3 Å². The number of sulfonamides is 1. The van der Waals surface area contributed by atoms with Crippen molar-refractivity contribution in [2.24, 2.45) is 0 Å². The number of aryl methyl sites for hydroxylation is 1. The minimum absolute atomic E-state index is 0.250. The summed E-state index contributed by atoms with van der Waals surface area (Å²) in [7, 11) is -3.54. The fourth-order valence-corrected chi connectivity index (χ4v) is 3.82. The van der Waals surface area contributed by atoms with Gasteiger partial charge in [0, 0.05) is 12.2 Å². The minimum atomic E-state index is -3.54. The van der Waals surface area contributed by atoms with Crippen LogP contribution >= 0.6 is 11.3 Å². The van der Waals surface area contributed by atoms with Crippen LogP contribution in [0.1, 0.15) is 16.7 Å². The first-order chi connectivity index (χ1) is 8.90. The maximum Gasteiger partial charge on any atom is 0.241 e. The highest BCUT2D eigenvalue weighted by molar-refractivity contribution is 7.89. The molecule has 0 fully saturated rings. The smallest absolute Gasteiger partial charge is 0.241 e. The summed E-state index contributed by atoms with van der Waals surface area (Å²) in [6.07, 6.45) is 0. The predicted molar refractivity (Wildman–Crippen MR) is 78.7 cm³/mol. The highest BCUT2D eigenvalue weighted by Crippen LogP contribution is 2.23. The van der Waals surface area contributed by atoms with Gasteiger partial charge >= 0.3 is 0 Å². The van der Waals surface area contributed by atoms with Crippen molar-refractivity contribution in [1.29, 1.82) is 0 Å². The average molecular weight is 296 g/mol. The zero-order valence-electron chi connectivity index (χ0n) is 10.8. The van der Waals surface area contributed by atoms with Crippen molar-refractivity contribution in [3.05, 3.63) is 45.6 Å². The van der Waals surface area contributed by atoms with Crippen LogP contribution in [0.4, 0.5) is 5.69 Å². The lowest BCUT2D eigenvalue weighted by molar-refractivity contribution is 0.580. The molecular weight excluding hydrogens is 280 g/mol. The number of thiophene rings is 1. The van der Waals surface area contributed by atoms with Crippen molar-refractivity contribution in [1.82, 2.24) is 4.72 Å². The molecule has 19 heavy (non-hydrogen) atoms. The van der Waals surface area contributed by atoms with Crippen LogP contribution in [0.3, 0.4) is 0 Å². The van der Waals surface area contributed by atoms with E-state index in [2.05, 4.69) is 4.72 Å². The molecule has 0 bridgehead atoms. The lowest BCUT2D eigenvalue weighted by atomic mass is 10.1. The lowest BCUT2D eigenvalue weighted by Gasteiger charge is -2.11. The number of benzene rings is 1. The highest BCUT2D eigenvalue weighted by Gasteiger charge is 2.18. The molecule has 0 radical (unpaired) electrons. The molecule has 0 atom stereocenters. The second kappa shape index (κ2) is 5.32. The molecular formula is C13H16N2O2S2. The third-order valence-corrected chi connectivity index (χ3v) is 5.14. The van der Waals surface area contributed by atoms with Crippen LogP contribution in [0.25, 0.3) is 0 Å². The van der Waals surface area contributed by atoms with E-state index in [4.69, 9.17) is 5.73 Å². The molecule has 2 rings (SSSR count). The normalized spacial score (nSPS) is 11.7. The number of hydrogen-bond acceptors (Lipinski definition) is 4. The van der Waals surface area contributed by atoms with E-state index < -0.39 is 10.0 Å². The fourth-order valence-electron chi connectivity index (χ4n) is 1.78. The van der Waals surface area contributed by atoms with Gasteiger partial charge in [0.15, 0.2) is 0 Å². The molecule has 1 aromatic heterocycles. The van der Waals surface area contributed by atoms with Gasteiger partial charge in [0.25, 0.3) is 0 Å². The second-order valence-corrected chi connectivity index (χ2v) is 6.95. The number of nitrogens with one attached hydrogen (secondary N) is 1. The Morgan fingerprint density at radius 3 is 2.68 bits per heavy atom. The maximum atomic E-state index is 12.3. The fraction of sp³-hybridized carbons (Fsp3) is 0.231. The molecule has 0 saturated carbocycles. The molecule has 2 aromatic rings. The number of hydrogen-bond donors (Lipinski definition) is 2. The van der Waals surface area contributed by atoms with E-state index in [-0.39, 0.29) is 4.90 Å². The second-order valence-electron chi connectivity index (χ2n) is 4.43. The van der Waals surface area contributed by atoms with E-state index in [1.165, 1.54) is 11.3 Å². The van der Waals surface area contributed by atoms with Crippen molar-refractivity contribution >= 4 is 27.0 Å². The van der Waals surface area contributed by atoms with Gasteiger partial charge in [-0.1, -0.05) is 0 Å². The quantitative estimate of drug-likeness (QED) is 0.851. The number of nitrogens with two attached hydrogens (primary N) is 1. The van der Waals surface area contributed by atoms with Gasteiger partial charge in [-0.05, 0) is 59.5 Å². The molecule has 0 aliphatic carbocycles. The summed E-state index contributed by atoms with van der Waals surface area (Å²) in [5.74, 6) is 0. The molecule has 6 heteroatoms. The summed E-state index contributed by atoms with van der Waals surface area (Å²) >= 11 is 1.54. The molecule has 4 nitrogen and oxygen atoms in total. The largest absolute Gasteiger partial charge is 0.398 e. The summed E-state index contributed by atoms with van der Waals surface area (Å²) in [5.41, 5.74) is 8.68. The Balaban J connectivity index is 2.29. The molecule has 1 heterocycles. The maximum absolute atomic E-state index is 12.3. The Bertz CT molecular complexity index is 677. The van der Waals surface area contributed by atoms with E-state index >= 15 is 0 Å². The van der Waals surface area contributed by atoms with E-state index in [0.29, 0.717) is 17.8 Å². The summed E-state index contributed by atoms with van der Waals surface area (Å²) < 4.78 is 27.2. The monoisotopic (exact) mass is 296 g/mol. The predicted octanol–water partition coefficient (Wildman–Crippen LogP) is 2.43. The Kier molecular flexibility index (Phi) is 3.93. The molecule has 3 N–H and O–H groups in total. The number of nitrogen functional groups attached to an aromatic ring is 1. The van der Waals surface area contributed by atoms with E-state index in [0.717, 1.165) is 11.1 Å². The average Bonchev–Trinajstić information content (AvgIpc) is 2.84. The van der Waals surface area contributed by atoms with E-state index in [1.807, 2.05) is 23.8 Å². The van der Waals surface area contributed by atoms with Gasteiger partial charge < -0.3 is 5.73 Å². The summed E-state index contributed by atoms with van der Waals surface area (Å²) in [4.78, 5) is 0.250. The Morgan fingerprint density at radius 1 is 1.32 bits per heavy atom. The van der Waals surface area contributed by atoms with Crippen LogP contribution in [0, 0.1) is 13.8 Å². The first kappa shape index (κ1) is 14.0. The van der Waals surface area contributed by atoms with Gasteiger partial charge in [0.2, 0.25) is 10.0 Å². The molecule has 0 unspecified atom stereocenters. The Hall–Kier alpha value is -1.37. The van der Waals surface area contributed by atoms with Crippen LogP contribution < -0.4 is 10.5 Å². The molecule has 0 aliphatic heterocycles. The molecule has 0 amide bonds. The lowest BCUT2D eigenvalue weighted by Crippen LogP contribution is -2.24. The topological polar surface area (TPSA) is 72.2 Å². The van der Waals surface area contributed by atoms with Gasteiger partial charge in [0.05, 0.1) is 4.90 Å². The molecule has 102 valence electrons. The van der Waals surface area contributed by atoms with Crippen molar-refractivity contribution in [2.75, 3.05) is 5.73 Å². The molecule has 1 aromatic carbocycles. The van der Waals surface area contributed by atoms with Crippen molar-refractivity contribution in [3.8, 4) is 0 Å². The number of rotatable bonds is 4. The van der Waals surface area contributed by atoms with Gasteiger partial charge in [-0.25, -0.2) is 13.1 Å². The van der Waals surface area contributed by atoms with Gasteiger partial charge in [-0.3, -0.25) is 0 Å². The van der Waals surface area contributed by atoms with Crippen LogP contribution in [-0.4, -0.2) is 8.42 Å². The molecule has 0 aliphatic rings. The zero-order valence-corrected chi connectivity index (χ0v) is 12.4. The van der Waals surface area contributed by atoms with Crippen LogP contribution in [0.5, 0.6) is 0 Å². The third kappa shape index (κ3) is 3.15. The van der Waals surface area contributed by atoms with E-state index in [9.17, 15) is 8.42 Å². The minimum Gasteiger partial charge on any atom is -0.398 e. The number of anilines is 1. The van der Waals surface area contributed by atoms with Gasteiger partial charge in [0.1, 0.15) is 0 Å². The van der Waals surface area contributed by atoms with Crippen LogP contribution in [0.15, 0.2) is 33.9 Å². The molecule has 0 saturated heterocycles. The van der Waals surface area contributed by atoms with Gasteiger partial charge in [-0.15, -0.1) is 0 Å². The zero-order chi connectivity index (χ0) is 14.0. The third-order valence-electron chi connectivity index (χ3n) is 2.88. The van der Waals surface area contributed by atoms with E-state index in [1.54, 1.807) is 19.1 Å². The van der Waals surface area contributed by atoms with Crippen LogP contribution in [0.2, 0.25) is 0 Å². The SMILES string of the molecule is Cc1cc(N)c(C)c(S(=O)(=O)NCc2ccsc2)c1. The Labute approximate surface area is 117 Å². The van der Waals surface area contributed by atoms with Crippen molar-refractivity contribution in [2.45, 2.75) is 25.3 Å². The summed E-state index contributed by atoms with van der Waals surface area (Å²) in [6, 6.07) is 5.31. The van der Waals surface area contributed by atoms with Crippen molar-refractivity contribution < 1.29 is 8.42 Å². The first-order valence-corrected chi connectivity index (χ1v) is 8.20.